The largest absolute Gasteiger partial charge is 0.457 e. The van der Waals surface area contributed by atoms with E-state index in [0.717, 1.165) is 52.5 Å². The molecule has 0 amide bonds. The summed E-state index contributed by atoms with van der Waals surface area (Å²) in [5, 5.41) is 0. The second-order valence-electron chi connectivity index (χ2n) is 8.53. The highest BCUT2D eigenvalue weighted by Gasteiger charge is 2.50. The van der Waals surface area contributed by atoms with Gasteiger partial charge in [0.25, 0.3) is 0 Å². The van der Waals surface area contributed by atoms with E-state index in [1.54, 1.807) is 0 Å². The maximum absolute atomic E-state index is 6.56. The molecule has 0 fully saturated rings. The summed E-state index contributed by atoms with van der Waals surface area (Å²) >= 11 is 0. The van der Waals surface area contributed by atoms with Crippen molar-refractivity contribution in [1.29, 1.82) is 0 Å². The summed E-state index contributed by atoms with van der Waals surface area (Å²) in [6.07, 6.45) is 2.15. The molecule has 0 unspecified atom stereocenters. The van der Waals surface area contributed by atoms with Crippen molar-refractivity contribution in [2.24, 2.45) is 0 Å². The molecule has 2 aliphatic heterocycles. The molecule has 0 radical (unpaired) electrons. The summed E-state index contributed by atoms with van der Waals surface area (Å²) in [4.78, 5) is 0. The molecule has 152 valence electrons. The number of rotatable bonds is 2. The smallest absolute Gasteiger partial charge is 0.132 e. The fourth-order valence-corrected chi connectivity index (χ4v) is 5.27. The van der Waals surface area contributed by atoms with Crippen molar-refractivity contribution in [1.82, 2.24) is 0 Å². The van der Waals surface area contributed by atoms with E-state index >= 15 is 0 Å². The number of benzene rings is 4. The highest BCUT2D eigenvalue weighted by atomic mass is 16.5. The highest BCUT2D eigenvalue weighted by molar-refractivity contribution is 5.75. The number of hydrogen-bond acceptors (Lipinski definition) is 2. The van der Waals surface area contributed by atoms with Gasteiger partial charge in [-0.25, -0.2) is 0 Å². The van der Waals surface area contributed by atoms with Crippen molar-refractivity contribution >= 4 is 0 Å². The first-order valence-electron chi connectivity index (χ1n) is 11.0. The topological polar surface area (TPSA) is 18.5 Å². The van der Waals surface area contributed by atoms with Crippen LogP contribution in [0.3, 0.4) is 0 Å². The first-order chi connectivity index (χ1) is 15.2. The number of aryl methyl sites for hydroxylation is 2. The lowest BCUT2D eigenvalue weighted by molar-refractivity contribution is 0.399. The normalized spacial score (nSPS) is 14.5. The number of para-hydroxylation sites is 2. The molecular formula is C29H24O2. The zero-order valence-corrected chi connectivity index (χ0v) is 17.8. The Kier molecular flexibility index (Phi) is 3.97. The molecule has 2 nitrogen and oxygen atoms in total. The predicted octanol–water partition coefficient (Wildman–Crippen LogP) is 7.54. The zero-order chi connectivity index (χ0) is 21.0. The minimum absolute atomic E-state index is 0.479. The molecule has 2 aliphatic rings. The van der Waals surface area contributed by atoms with Crippen molar-refractivity contribution in [3.63, 3.8) is 0 Å². The summed E-state index contributed by atoms with van der Waals surface area (Å²) in [5.74, 6) is 3.67. The van der Waals surface area contributed by atoms with Gasteiger partial charge in [0.05, 0.1) is 5.41 Å². The summed E-state index contributed by atoms with van der Waals surface area (Å²) in [6.45, 7) is 4.33. The third-order valence-electron chi connectivity index (χ3n) is 6.55. The number of fused-ring (bicyclic) bond motifs is 8. The Bertz CT molecular complexity index is 1270. The summed E-state index contributed by atoms with van der Waals surface area (Å²) in [7, 11) is 0. The SMILES string of the molecule is CCCc1ccc2c(c1)Oc1cc(C)ccc1C21c2ccccc2Oc2ccccc21. The maximum Gasteiger partial charge on any atom is 0.132 e. The Balaban J connectivity index is 1.77. The monoisotopic (exact) mass is 404 g/mol. The molecule has 4 aromatic carbocycles. The van der Waals surface area contributed by atoms with Gasteiger partial charge in [0, 0.05) is 22.3 Å². The van der Waals surface area contributed by atoms with E-state index < -0.39 is 5.41 Å². The van der Waals surface area contributed by atoms with Gasteiger partial charge < -0.3 is 9.47 Å². The van der Waals surface area contributed by atoms with Gasteiger partial charge in [-0.1, -0.05) is 74.0 Å². The minimum atomic E-state index is -0.479. The molecule has 6 rings (SSSR count). The second-order valence-corrected chi connectivity index (χ2v) is 8.53. The van der Waals surface area contributed by atoms with Crippen LogP contribution in [0.15, 0.2) is 84.9 Å². The quantitative estimate of drug-likeness (QED) is 0.297. The molecule has 0 N–H and O–H groups in total. The summed E-state index contributed by atoms with van der Waals surface area (Å²) < 4.78 is 12.9. The van der Waals surface area contributed by atoms with Crippen LogP contribution in [0, 0.1) is 6.92 Å². The molecule has 0 aromatic heterocycles. The molecule has 0 saturated heterocycles. The molecule has 0 bridgehead atoms. The van der Waals surface area contributed by atoms with Crippen LogP contribution in [0.1, 0.15) is 46.7 Å². The number of ether oxygens (including phenoxy) is 2. The standard InChI is InChI=1S/C29H24O2/c1-3-8-20-14-16-24-28(18-20)31-27-17-19(2)13-15-23(27)29(24)21-9-4-6-11-25(21)30-26-12-7-5-10-22(26)29/h4-7,9-18H,3,8H2,1-2H3. The van der Waals surface area contributed by atoms with E-state index in [1.807, 2.05) is 12.1 Å². The lowest BCUT2D eigenvalue weighted by Crippen LogP contribution is -2.36. The van der Waals surface area contributed by atoms with E-state index in [2.05, 4.69) is 86.6 Å². The molecule has 2 heteroatoms. The fourth-order valence-electron chi connectivity index (χ4n) is 5.27. The van der Waals surface area contributed by atoms with E-state index in [1.165, 1.54) is 16.7 Å². The second kappa shape index (κ2) is 6.75. The van der Waals surface area contributed by atoms with Gasteiger partial charge in [0.2, 0.25) is 0 Å². The van der Waals surface area contributed by atoms with Crippen molar-refractivity contribution < 1.29 is 9.47 Å². The van der Waals surface area contributed by atoms with Gasteiger partial charge >= 0.3 is 0 Å². The number of hydrogen-bond donors (Lipinski definition) is 0. The zero-order valence-electron chi connectivity index (χ0n) is 17.8. The molecular weight excluding hydrogens is 380 g/mol. The van der Waals surface area contributed by atoms with Crippen LogP contribution in [0.5, 0.6) is 23.0 Å². The summed E-state index contributed by atoms with van der Waals surface area (Å²) in [5.41, 5.74) is 6.67. The van der Waals surface area contributed by atoms with E-state index in [9.17, 15) is 0 Å². The lowest BCUT2D eigenvalue weighted by Gasteiger charge is -2.45. The maximum atomic E-state index is 6.56. The predicted molar refractivity (Wildman–Crippen MR) is 124 cm³/mol. The van der Waals surface area contributed by atoms with Crippen LogP contribution in [0.25, 0.3) is 0 Å². The van der Waals surface area contributed by atoms with Crippen molar-refractivity contribution in [2.75, 3.05) is 0 Å². The van der Waals surface area contributed by atoms with Crippen molar-refractivity contribution in [3.05, 3.63) is 118 Å². The van der Waals surface area contributed by atoms with Crippen LogP contribution in [-0.2, 0) is 11.8 Å². The van der Waals surface area contributed by atoms with E-state index in [0.29, 0.717) is 0 Å². The van der Waals surface area contributed by atoms with Crippen LogP contribution < -0.4 is 9.47 Å². The van der Waals surface area contributed by atoms with Gasteiger partial charge in [0.15, 0.2) is 0 Å². The molecule has 1 spiro atoms. The lowest BCUT2D eigenvalue weighted by atomic mass is 9.62. The van der Waals surface area contributed by atoms with Gasteiger partial charge in [-0.05, 0) is 48.7 Å². The molecule has 0 atom stereocenters. The third-order valence-corrected chi connectivity index (χ3v) is 6.55. The Morgan fingerprint density at radius 3 is 1.84 bits per heavy atom. The van der Waals surface area contributed by atoms with Crippen LogP contribution in [-0.4, -0.2) is 0 Å². The van der Waals surface area contributed by atoms with Gasteiger partial charge in [-0.2, -0.15) is 0 Å². The first kappa shape index (κ1) is 18.3. The molecule has 0 saturated carbocycles. The van der Waals surface area contributed by atoms with Gasteiger partial charge in [-0.15, -0.1) is 0 Å². The fraction of sp³-hybridized carbons (Fsp3) is 0.172. The summed E-state index contributed by atoms with van der Waals surface area (Å²) in [6, 6.07) is 30.2. The highest BCUT2D eigenvalue weighted by Crippen LogP contribution is 2.61. The van der Waals surface area contributed by atoms with Gasteiger partial charge in [-0.3, -0.25) is 0 Å². The molecule has 0 aliphatic carbocycles. The molecule has 31 heavy (non-hydrogen) atoms. The molecule has 4 aromatic rings. The van der Waals surface area contributed by atoms with Crippen LogP contribution in [0.2, 0.25) is 0 Å². The van der Waals surface area contributed by atoms with Crippen LogP contribution in [0.4, 0.5) is 0 Å². The van der Waals surface area contributed by atoms with Gasteiger partial charge in [0.1, 0.15) is 23.0 Å². The van der Waals surface area contributed by atoms with Crippen molar-refractivity contribution in [2.45, 2.75) is 32.1 Å². The average Bonchev–Trinajstić information content (AvgIpc) is 2.79. The Morgan fingerprint density at radius 2 is 1.16 bits per heavy atom. The van der Waals surface area contributed by atoms with Crippen molar-refractivity contribution in [3.8, 4) is 23.0 Å². The average molecular weight is 405 g/mol. The Morgan fingerprint density at radius 1 is 0.613 bits per heavy atom. The Labute approximate surface area is 183 Å². The van der Waals surface area contributed by atoms with E-state index in [4.69, 9.17) is 9.47 Å². The van der Waals surface area contributed by atoms with E-state index in [-0.39, 0.29) is 0 Å². The van der Waals surface area contributed by atoms with Crippen LogP contribution >= 0.6 is 0 Å². The third kappa shape index (κ3) is 2.51. The Hall–Kier alpha value is -3.52. The minimum Gasteiger partial charge on any atom is -0.457 e. The first-order valence-corrected chi connectivity index (χ1v) is 11.0. The molecule has 2 heterocycles.